The Morgan fingerprint density at radius 3 is 2.30 bits per heavy atom. The number of aromatic nitrogens is 3. The average molecular weight is 294 g/mol. The van der Waals surface area contributed by atoms with E-state index in [1.165, 1.54) is 18.3 Å². The molecule has 106 valence electrons. The van der Waals surface area contributed by atoms with Gasteiger partial charge in [-0.3, -0.25) is 0 Å². The van der Waals surface area contributed by atoms with Gasteiger partial charge in [-0.15, -0.1) is 0 Å². The van der Waals surface area contributed by atoms with Crippen LogP contribution in [0.25, 0.3) is 0 Å². The van der Waals surface area contributed by atoms with E-state index in [9.17, 15) is 8.42 Å². The number of pyridine rings is 1. The number of nitrogens with one attached hydrogen (secondary N) is 2. The second kappa shape index (κ2) is 5.39. The third-order valence-corrected chi connectivity index (χ3v) is 3.72. The average Bonchev–Trinajstić information content (AvgIpc) is 2.37. The number of nitrogens with two attached hydrogens (primary N) is 1. The molecule has 0 radical (unpaired) electrons. The zero-order chi connectivity index (χ0) is 14.8. The number of sulfonamides is 1. The summed E-state index contributed by atoms with van der Waals surface area (Å²) in [6.07, 6.45) is 1.19. The van der Waals surface area contributed by atoms with Crippen molar-refractivity contribution >= 4 is 21.8 Å². The smallest absolute Gasteiger partial charge is 0.265 e. The van der Waals surface area contributed by atoms with Crippen molar-refractivity contribution in [3.63, 3.8) is 0 Å². The molecule has 0 saturated carbocycles. The second-order valence-electron chi connectivity index (χ2n) is 4.10. The molecule has 0 aliphatic heterocycles. The van der Waals surface area contributed by atoms with Crippen LogP contribution < -0.4 is 16.0 Å². The van der Waals surface area contributed by atoms with Crippen LogP contribution in [0.2, 0.25) is 0 Å². The first-order valence-corrected chi connectivity index (χ1v) is 7.17. The largest absolute Gasteiger partial charge is 0.308 e. The lowest BCUT2D eigenvalue weighted by molar-refractivity contribution is 0.600. The van der Waals surface area contributed by atoms with Crippen molar-refractivity contribution < 1.29 is 8.42 Å². The molecular weight excluding hydrogens is 280 g/mol. The number of nitrogens with zero attached hydrogens (tertiary/aromatic N) is 3. The first kappa shape index (κ1) is 14.2. The molecule has 4 N–H and O–H groups in total. The quantitative estimate of drug-likeness (QED) is 0.556. The molecule has 0 aliphatic carbocycles. The molecule has 9 heteroatoms. The standard InChI is InChI=1S/C11H14N6O2S/c1-7-5-8(2)15-11(14-7)17-20(18,19)9-3-4-10(16-12)13-6-9/h3-6H,12H2,1-2H3,(H,13,16)(H,14,15,17). The Hall–Kier alpha value is -2.26. The first-order valence-electron chi connectivity index (χ1n) is 5.68. The van der Waals surface area contributed by atoms with Crippen molar-refractivity contribution in [2.24, 2.45) is 5.84 Å². The minimum absolute atomic E-state index is 0.000686. The van der Waals surface area contributed by atoms with E-state index in [4.69, 9.17) is 5.84 Å². The first-order chi connectivity index (χ1) is 9.40. The second-order valence-corrected chi connectivity index (χ2v) is 5.79. The summed E-state index contributed by atoms with van der Waals surface area (Å²) in [7, 11) is -3.78. The molecule has 20 heavy (non-hydrogen) atoms. The van der Waals surface area contributed by atoms with Crippen molar-refractivity contribution in [2.45, 2.75) is 18.7 Å². The lowest BCUT2D eigenvalue weighted by Gasteiger charge is -2.08. The van der Waals surface area contributed by atoms with Gasteiger partial charge < -0.3 is 5.43 Å². The van der Waals surface area contributed by atoms with Gasteiger partial charge in [0.15, 0.2) is 0 Å². The van der Waals surface area contributed by atoms with E-state index in [2.05, 4.69) is 25.1 Å². The fourth-order valence-electron chi connectivity index (χ4n) is 1.58. The Bertz CT molecular complexity index is 694. The Labute approximate surface area is 116 Å². The molecule has 2 aromatic rings. The van der Waals surface area contributed by atoms with E-state index < -0.39 is 10.0 Å². The molecule has 8 nitrogen and oxygen atoms in total. The van der Waals surface area contributed by atoms with Crippen LogP contribution in [-0.4, -0.2) is 23.4 Å². The third-order valence-electron chi connectivity index (χ3n) is 2.40. The number of aryl methyl sites for hydroxylation is 2. The summed E-state index contributed by atoms with van der Waals surface area (Å²) < 4.78 is 26.6. The fourth-order valence-corrected chi connectivity index (χ4v) is 2.46. The maximum Gasteiger partial charge on any atom is 0.265 e. The zero-order valence-corrected chi connectivity index (χ0v) is 11.8. The monoisotopic (exact) mass is 294 g/mol. The van der Waals surface area contributed by atoms with Gasteiger partial charge in [0.1, 0.15) is 10.7 Å². The van der Waals surface area contributed by atoms with E-state index in [0.29, 0.717) is 17.2 Å². The molecule has 2 rings (SSSR count). The molecule has 2 heterocycles. The van der Waals surface area contributed by atoms with Gasteiger partial charge in [-0.05, 0) is 32.0 Å². The molecule has 2 aromatic heterocycles. The highest BCUT2D eigenvalue weighted by Crippen LogP contribution is 2.14. The van der Waals surface area contributed by atoms with Crippen LogP contribution in [-0.2, 0) is 10.0 Å². The van der Waals surface area contributed by atoms with E-state index in [1.807, 2.05) is 0 Å². The van der Waals surface area contributed by atoms with Crippen molar-refractivity contribution in [1.82, 2.24) is 15.0 Å². The van der Waals surface area contributed by atoms with Crippen LogP contribution in [0.3, 0.4) is 0 Å². The van der Waals surface area contributed by atoms with Gasteiger partial charge in [0.25, 0.3) is 10.0 Å². The Balaban J connectivity index is 2.30. The Morgan fingerprint density at radius 2 is 1.80 bits per heavy atom. The molecule has 0 saturated heterocycles. The van der Waals surface area contributed by atoms with Crippen LogP contribution in [0.4, 0.5) is 11.8 Å². The number of nitrogen functional groups attached to an aromatic ring is 1. The van der Waals surface area contributed by atoms with Gasteiger partial charge >= 0.3 is 0 Å². The predicted molar refractivity (Wildman–Crippen MR) is 74.4 cm³/mol. The fraction of sp³-hybridized carbons (Fsp3) is 0.182. The van der Waals surface area contributed by atoms with Crippen molar-refractivity contribution in [1.29, 1.82) is 0 Å². The SMILES string of the molecule is Cc1cc(C)nc(NS(=O)(=O)c2ccc(NN)nc2)n1. The minimum Gasteiger partial charge on any atom is -0.308 e. The summed E-state index contributed by atoms with van der Waals surface area (Å²) in [5, 5.41) is 0. The Kier molecular flexibility index (Phi) is 3.81. The predicted octanol–water partition coefficient (Wildman–Crippen LogP) is 0.575. The van der Waals surface area contributed by atoms with Crippen molar-refractivity contribution in [3.05, 3.63) is 35.8 Å². The normalized spacial score (nSPS) is 11.2. The Morgan fingerprint density at radius 1 is 1.15 bits per heavy atom. The number of rotatable bonds is 4. The van der Waals surface area contributed by atoms with E-state index in [1.54, 1.807) is 19.9 Å². The topological polar surface area (TPSA) is 123 Å². The van der Waals surface area contributed by atoms with Crippen LogP contribution >= 0.6 is 0 Å². The summed E-state index contributed by atoms with van der Waals surface area (Å²) in [6, 6.07) is 4.59. The van der Waals surface area contributed by atoms with Crippen LogP contribution in [0.5, 0.6) is 0 Å². The summed E-state index contributed by atoms with van der Waals surface area (Å²) in [6.45, 7) is 3.52. The highest BCUT2D eigenvalue weighted by Gasteiger charge is 2.16. The number of hydrazine groups is 1. The zero-order valence-electron chi connectivity index (χ0n) is 11.0. The number of hydrogen-bond acceptors (Lipinski definition) is 7. The van der Waals surface area contributed by atoms with E-state index >= 15 is 0 Å². The van der Waals surface area contributed by atoms with Crippen molar-refractivity contribution in [3.8, 4) is 0 Å². The van der Waals surface area contributed by atoms with Crippen LogP contribution in [0.1, 0.15) is 11.4 Å². The molecular formula is C11H14N6O2S. The lowest BCUT2D eigenvalue weighted by atomic mass is 10.4. The highest BCUT2D eigenvalue weighted by atomic mass is 32.2. The minimum atomic E-state index is -3.78. The van der Waals surface area contributed by atoms with E-state index in [0.717, 1.165) is 0 Å². The van der Waals surface area contributed by atoms with Gasteiger partial charge in [0.05, 0.1) is 0 Å². The van der Waals surface area contributed by atoms with Crippen LogP contribution in [0.15, 0.2) is 29.3 Å². The lowest BCUT2D eigenvalue weighted by Crippen LogP contribution is -2.16. The molecule has 0 amide bonds. The van der Waals surface area contributed by atoms with Gasteiger partial charge in [-0.2, -0.15) is 0 Å². The molecule has 0 atom stereocenters. The molecule has 0 bridgehead atoms. The maximum atomic E-state index is 12.1. The van der Waals surface area contributed by atoms with Crippen molar-refractivity contribution in [2.75, 3.05) is 10.1 Å². The molecule has 0 aliphatic rings. The van der Waals surface area contributed by atoms with Gasteiger partial charge in [-0.1, -0.05) is 0 Å². The summed E-state index contributed by atoms with van der Waals surface area (Å²) in [5.41, 5.74) is 3.67. The third kappa shape index (κ3) is 3.19. The van der Waals surface area contributed by atoms with E-state index in [-0.39, 0.29) is 10.8 Å². The van der Waals surface area contributed by atoms with Gasteiger partial charge in [0, 0.05) is 17.6 Å². The molecule has 0 aromatic carbocycles. The summed E-state index contributed by atoms with van der Waals surface area (Å²) >= 11 is 0. The maximum absolute atomic E-state index is 12.1. The molecule has 0 fully saturated rings. The summed E-state index contributed by atoms with van der Waals surface area (Å²) in [4.78, 5) is 11.9. The highest BCUT2D eigenvalue weighted by molar-refractivity contribution is 7.92. The number of hydrogen-bond donors (Lipinski definition) is 3. The van der Waals surface area contributed by atoms with Gasteiger partial charge in [-0.25, -0.2) is 33.9 Å². The van der Waals surface area contributed by atoms with Gasteiger partial charge in [0.2, 0.25) is 5.95 Å². The molecule has 0 unspecified atom stereocenters. The molecule has 0 spiro atoms. The number of anilines is 2. The van der Waals surface area contributed by atoms with Crippen LogP contribution in [0, 0.1) is 13.8 Å². The summed E-state index contributed by atoms with van der Waals surface area (Å²) in [5.74, 6) is 5.57.